The summed E-state index contributed by atoms with van der Waals surface area (Å²) in [5.41, 5.74) is -0.228. The van der Waals surface area contributed by atoms with Crippen molar-refractivity contribution in [2.45, 2.75) is 38.3 Å². The van der Waals surface area contributed by atoms with Crippen LogP contribution in [0.1, 0.15) is 31.4 Å². The molecule has 3 aliphatic rings. The van der Waals surface area contributed by atoms with Gasteiger partial charge in [0.05, 0.1) is 24.2 Å². The van der Waals surface area contributed by atoms with E-state index in [4.69, 9.17) is 11.6 Å². The summed E-state index contributed by atoms with van der Waals surface area (Å²) in [4.78, 5) is 46.9. The van der Waals surface area contributed by atoms with E-state index in [9.17, 15) is 14.4 Å². The maximum absolute atomic E-state index is 12.5. The molecular formula is C16H17ClN4O3. The van der Waals surface area contributed by atoms with Gasteiger partial charge in [0.2, 0.25) is 11.8 Å². The Hall–Kier alpha value is -2.02. The topological polar surface area (TPSA) is 92.3 Å². The van der Waals surface area contributed by atoms with E-state index in [2.05, 4.69) is 15.3 Å². The molecule has 0 unspecified atom stereocenters. The molecule has 3 fully saturated rings. The van der Waals surface area contributed by atoms with Gasteiger partial charge >= 0.3 is 0 Å². The van der Waals surface area contributed by atoms with E-state index in [1.54, 1.807) is 4.90 Å². The third kappa shape index (κ3) is 2.30. The minimum Gasteiger partial charge on any atom is -0.350 e. The molecule has 2 amide bonds. The van der Waals surface area contributed by atoms with E-state index in [1.807, 2.05) is 0 Å². The smallest absolute Gasteiger partial charge is 0.236 e. The molecule has 24 heavy (non-hydrogen) atoms. The van der Waals surface area contributed by atoms with Crippen LogP contribution in [0, 0.1) is 11.3 Å². The summed E-state index contributed by atoms with van der Waals surface area (Å²) in [7, 11) is 0. The number of carbonyl (C=O) groups is 3. The molecule has 1 saturated carbocycles. The Morgan fingerprint density at radius 3 is 2.75 bits per heavy atom. The molecule has 1 N–H and O–H groups in total. The van der Waals surface area contributed by atoms with Gasteiger partial charge in [-0.15, -0.1) is 0 Å². The molecule has 1 aromatic heterocycles. The van der Waals surface area contributed by atoms with Crippen LogP contribution in [-0.4, -0.2) is 45.1 Å². The fourth-order valence-corrected chi connectivity index (χ4v) is 3.92. The highest BCUT2D eigenvalue weighted by Gasteiger charge is 2.66. The number of nitrogens with one attached hydrogen (secondary N) is 1. The number of hydrogen-bond donors (Lipinski definition) is 1. The maximum Gasteiger partial charge on any atom is 0.236 e. The highest BCUT2D eigenvalue weighted by atomic mass is 35.5. The number of hydrogen-bond acceptors (Lipinski definition) is 5. The molecular weight excluding hydrogens is 332 g/mol. The highest BCUT2D eigenvalue weighted by molar-refractivity contribution is 6.30. The second-order valence-electron chi connectivity index (χ2n) is 6.71. The summed E-state index contributed by atoms with van der Waals surface area (Å²) < 4.78 is 0. The zero-order chi connectivity index (χ0) is 16.9. The van der Waals surface area contributed by atoms with Crippen molar-refractivity contribution in [2.24, 2.45) is 11.3 Å². The number of amides is 2. The predicted molar refractivity (Wildman–Crippen MR) is 83.8 cm³/mol. The molecule has 126 valence electrons. The van der Waals surface area contributed by atoms with Crippen LogP contribution in [0.5, 0.6) is 0 Å². The van der Waals surface area contributed by atoms with Gasteiger partial charge in [-0.2, -0.15) is 0 Å². The van der Waals surface area contributed by atoms with Crippen molar-refractivity contribution in [3.63, 3.8) is 0 Å². The molecule has 0 bridgehead atoms. The summed E-state index contributed by atoms with van der Waals surface area (Å²) in [6.45, 7) is 0.513. The van der Waals surface area contributed by atoms with E-state index in [-0.39, 0.29) is 41.3 Å². The number of aromatic nitrogens is 2. The quantitative estimate of drug-likeness (QED) is 0.812. The Balaban J connectivity index is 1.40. The van der Waals surface area contributed by atoms with Gasteiger partial charge in [-0.25, -0.2) is 4.98 Å². The van der Waals surface area contributed by atoms with Crippen LogP contribution < -0.4 is 5.32 Å². The van der Waals surface area contributed by atoms with Gasteiger partial charge in [0.15, 0.2) is 10.9 Å². The van der Waals surface area contributed by atoms with Crippen molar-refractivity contribution >= 4 is 29.2 Å². The van der Waals surface area contributed by atoms with Crippen LogP contribution in [0.4, 0.5) is 0 Å². The molecule has 1 spiro atoms. The van der Waals surface area contributed by atoms with Crippen LogP contribution >= 0.6 is 11.6 Å². The normalized spacial score (nSPS) is 27.3. The van der Waals surface area contributed by atoms with E-state index < -0.39 is 5.41 Å². The average molecular weight is 349 g/mol. The van der Waals surface area contributed by atoms with Crippen LogP contribution in [0.15, 0.2) is 12.4 Å². The summed E-state index contributed by atoms with van der Waals surface area (Å²) in [5.74, 6) is -0.459. The zero-order valence-electron chi connectivity index (χ0n) is 13.0. The first-order valence-corrected chi connectivity index (χ1v) is 8.49. The number of Topliss-reactive ketones (excluding diaryl/α,β-unsaturated/α-hetero) is 1. The number of ketones is 1. The van der Waals surface area contributed by atoms with Crippen LogP contribution in [0.2, 0.25) is 5.15 Å². The average Bonchev–Trinajstić information content (AvgIpc) is 3.37. The number of carbonyl (C=O) groups excluding carboxylic acids is 3. The first kappa shape index (κ1) is 15.5. The molecule has 0 aromatic carbocycles. The predicted octanol–water partition coefficient (Wildman–Crippen LogP) is 0.716. The zero-order valence-corrected chi connectivity index (χ0v) is 13.8. The first-order chi connectivity index (χ1) is 11.5. The fraction of sp³-hybridized carbons (Fsp3) is 0.562. The molecule has 1 aliphatic carbocycles. The molecule has 1 aromatic rings. The number of piperidine rings is 1. The third-order valence-electron chi connectivity index (χ3n) is 5.30. The van der Waals surface area contributed by atoms with Gasteiger partial charge in [0.1, 0.15) is 5.41 Å². The lowest BCUT2D eigenvalue weighted by Gasteiger charge is -2.33. The van der Waals surface area contributed by atoms with Gasteiger partial charge in [-0.1, -0.05) is 11.6 Å². The molecule has 2 aliphatic heterocycles. The Labute approximate surface area is 143 Å². The Kier molecular flexibility index (Phi) is 3.56. The minimum atomic E-state index is -0.733. The van der Waals surface area contributed by atoms with Crippen molar-refractivity contribution in [3.05, 3.63) is 23.2 Å². The summed E-state index contributed by atoms with van der Waals surface area (Å²) in [5, 5.41) is 3.06. The van der Waals surface area contributed by atoms with Gasteiger partial charge < -0.3 is 10.2 Å². The molecule has 0 radical (unpaired) electrons. The molecule has 7 nitrogen and oxygen atoms in total. The minimum absolute atomic E-state index is 0.0673. The van der Waals surface area contributed by atoms with Crippen molar-refractivity contribution in [3.8, 4) is 0 Å². The number of halogens is 1. The monoisotopic (exact) mass is 348 g/mol. The van der Waals surface area contributed by atoms with Gasteiger partial charge in [-0.3, -0.25) is 19.4 Å². The van der Waals surface area contributed by atoms with E-state index in [1.165, 1.54) is 12.4 Å². The van der Waals surface area contributed by atoms with E-state index in [0.717, 1.165) is 0 Å². The summed E-state index contributed by atoms with van der Waals surface area (Å²) in [6.07, 6.45) is 5.51. The van der Waals surface area contributed by atoms with Crippen LogP contribution in [0.3, 0.4) is 0 Å². The lowest BCUT2D eigenvalue weighted by Crippen LogP contribution is -2.48. The second-order valence-corrected chi connectivity index (χ2v) is 7.06. The first-order valence-electron chi connectivity index (χ1n) is 8.11. The lowest BCUT2D eigenvalue weighted by molar-refractivity contribution is -0.137. The second kappa shape index (κ2) is 5.51. The van der Waals surface area contributed by atoms with Crippen LogP contribution in [-0.2, 0) is 20.9 Å². The highest BCUT2D eigenvalue weighted by Crippen LogP contribution is 2.54. The molecule has 2 atom stereocenters. The Morgan fingerprint density at radius 1 is 1.29 bits per heavy atom. The molecule has 3 heterocycles. The van der Waals surface area contributed by atoms with Crippen molar-refractivity contribution in [1.82, 2.24) is 20.2 Å². The SMILES string of the molecule is O=C(NCc1nccnc1Cl)[C@H]1CC[C@H]2C(=O)C3(CC3)C(=O)N2C1. The third-order valence-corrected chi connectivity index (χ3v) is 5.62. The fourth-order valence-electron chi connectivity index (χ4n) is 3.75. The van der Waals surface area contributed by atoms with Gasteiger partial charge in [0, 0.05) is 18.9 Å². The number of nitrogens with zero attached hydrogens (tertiary/aromatic N) is 3. The van der Waals surface area contributed by atoms with Crippen molar-refractivity contribution < 1.29 is 14.4 Å². The standard InChI is InChI=1S/C16H17ClN4O3/c17-13-10(18-5-6-19-13)7-20-14(23)9-1-2-11-12(22)16(3-4-16)15(24)21(11)8-9/h5-6,9,11H,1-4,7-8H2,(H,20,23)/t9-,11-/m0/s1. The summed E-state index contributed by atoms with van der Waals surface area (Å²) in [6, 6.07) is -0.321. The van der Waals surface area contributed by atoms with Crippen molar-refractivity contribution in [2.75, 3.05) is 6.54 Å². The van der Waals surface area contributed by atoms with Gasteiger partial charge in [-0.05, 0) is 25.7 Å². The Morgan fingerprint density at radius 2 is 2.04 bits per heavy atom. The Bertz CT molecular complexity index is 734. The molecule has 8 heteroatoms. The summed E-state index contributed by atoms with van der Waals surface area (Å²) >= 11 is 5.92. The number of fused-ring (bicyclic) bond motifs is 1. The van der Waals surface area contributed by atoms with Crippen molar-refractivity contribution in [1.29, 1.82) is 0 Å². The van der Waals surface area contributed by atoms with E-state index in [0.29, 0.717) is 37.9 Å². The van der Waals surface area contributed by atoms with Gasteiger partial charge in [0.25, 0.3) is 0 Å². The largest absolute Gasteiger partial charge is 0.350 e. The number of rotatable bonds is 3. The van der Waals surface area contributed by atoms with Crippen LogP contribution in [0.25, 0.3) is 0 Å². The maximum atomic E-state index is 12.5. The molecule has 2 saturated heterocycles. The molecule has 4 rings (SSSR count). The lowest BCUT2D eigenvalue weighted by atomic mass is 9.90. The van der Waals surface area contributed by atoms with E-state index >= 15 is 0 Å².